The molecule has 0 bridgehead atoms. The van der Waals surface area contributed by atoms with Crippen LogP contribution in [0.5, 0.6) is 5.75 Å². The van der Waals surface area contributed by atoms with Crippen LogP contribution in [0, 0.1) is 0 Å². The number of carbonyl (C=O) groups is 1. The van der Waals surface area contributed by atoms with E-state index in [-0.39, 0.29) is 5.91 Å². The Balaban J connectivity index is 1.36. The highest BCUT2D eigenvalue weighted by molar-refractivity contribution is 7.21. The molecule has 2 aromatic carbocycles. The van der Waals surface area contributed by atoms with Crippen LogP contribution in [0.2, 0.25) is 0 Å². The fourth-order valence-corrected chi connectivity index (χ4v) is 3.67. The number of nitrogens with zero attached hydrogens (tertiary/aromatic N) is 1. The topological polar surface area (TPSA) is 64.4 Å². The van der Waals surface area contributed by atoms with Gasteiger partial charge in [-0.15, -0.1) is 11.3 Å². The van der Waals surface area contributed by atoms with Crippen LogP contribution in [-0.2, 0) is 17.8 Å². The average molecular weight is 378 g/mol. The summed E-state index contributed by atoms with van der Waals surface area (Å²) >= 11 is 1.59. The zero-order valence-corrected chi connectivity index (χ0v) is 15.6. The van der Waals surface area contributed by atoms with Crippen LogP contribution < -0.4 is 10.1 Å². The Hall–Kier alpha value is -3.12. The third kappa shape index (κ3) is 4.01. The molecule has 136 valence electrons. The summed E-state index contributed by atoms with van der Waals surface area (Å²) in [6.45, 7) is 0.347. The number of methoxy groups -OCH3 is 1. The van der Waals surface area contributed by atoms with Gasteiger partial charge in [0, 0.05) is 0 Å². The molecule has 4 aromatic rings. The van der Waals surface area contributed by atoms with Gasteiger partial charge in [0.1, 0.15) is 11.5 Å². The summed E-state index contributed by atoms with van der Waals surface area (Å²) in [4.78, 5) is 16.7. The van der Waals surface area contributed by atoms with Crippen LogP contribution in [0.4, 0.5) is 0 Å². The van der Waals surface area contributed by atoms with E-state index in [0.29, 0.717) is 18.7 Å². The van der Waals surface area contributed by atoms with Crippen LogP contribution in [0.3, 0.4) is 0 Å². The van der Waals surface area contributed by atoms with Gasteiger partial charge in [-0.05, 0) is 42.0 Å². The number of rotatable bonds is 6. The summed E-state index contributed by atoms with van der Waals surface area (Å²) in [6.07, 6.45) is 0.315. The van der Waals surface area contributed by atoms with Crippen molar-refractivity contribution in [2.45, 2.75) is 13.0 Å². The lowest BCUT2D eigenvalue weighted by molar-refractivity contribution is -0.120. The lowest BCUT2D eigenvalue weighted by Crippen LogP contribution is -2.24. The number of ether oxygens (including phenoxy) is 1. The number of amides is 1. The molecular weight excluding hydrogens is 360 g/mol. The molecule has 0 aliphatic carbocycles. The zero-order valence-electron chi connectivity index (χ0n) is 14.8. The molecule has 0 saturated carbocycles. The summed E-state index contributed by atoms with van der Waals surface area (Å²) in [7, 11) is 1.62. The van der Waals surface area contributed by atoms with Crippen molar-refractivity contribution in [3.8, 4) is 16.5 Å². The van der Waals surface area contributed by atoms with Crippen molar-refractivity contribution in [3.63, 3.8) is 0 Å². The average Bonchev–Trinajstić information content (AvgIpc) is 3.33. The van der Waals surface area contributed by atoms with Gasteiger partial charge in [0.05, 0.1) is 30.3 Å². The number of hydrogen-bond donors (Lipinski definition) is 1. The smallest absolute Gasteiger partial charge is 0.224 e. The van der Waals surface area contributed by atoms with E-state index < -0.39 is 0 Å². The molecule has 0 fully saturated rings. The lowest BCUT2D eigenvalue weighted by Gasteiger charge is -2.05. The van der Waals surface area contributed by atoms with Gasteiger partial charge >= 0.3 is 0 Å². The van der Waals surface area contributed by atoms with Crippen molar-refractivity contribution in [1.82, 2.24) is 10.3 Å². The Kier molecular flexibility index (Phi) is 4.89. The summed E-state index contributed by atoms with van der Waals surface area (Å²) in [5, 5.41) is 3.73. The van der Waals surface area contributed by atoms with Gasteiger partial charge in [0.15, 0.2) is 10.8 Å². The van der Waals surface area contributed by atoms with E-state index in [1.54, 1.807) is 18.4 Å². The van der Waals surface area contributed by atoms with Gasteiger partial charge < -0.3 is 14.5 Å². The Morgan fingerprint density at radius 2 is 1.93 bits per heavy atom. The van der Waals surface area contributed by atoms with E-state index in [9.17, 15) is 4.79 Å². The molecular formula is C21H18N2O3S. The van der Waals surface area contributed by atoms with Crippen LogP contribution in [0.1, 0.15) is 11.3 Å². The molecule has 6 heteroatoms. The molecule has 0 aliphatic rings. The van der Waals surface area contributed by atoms with E-state index >= 15 is 0 Å². The minimum atomic E-state index is -0.0573. The molecule has 0 saturated heterocycles. The number of fused-ring (bicyclic) bond motifs is 1. The van der Waals surface area contributed by atoms with Gasteiger partial charge in [-0.3, -0.25) is 4.79 Å². The predicted molar refractivity (Wildman–Crippen MR) is 106 cm³/mol. The summed E-state index contributed by atoms with van der Waals surface area (Å²) in [5.41, 5.74) is 1.89. The lowest BCUT2D eigenvalue weighted by atomic mass is 10.1. The van der Waals surface area contributed by atoms with Crippen molar-refractivity contribution in [3.05, 3.63) is 72.0 Å². The number of furan rings is 1. The molecule has 0 aliphatic heterocycles. The Labute approximate surface area is 160 Å². The first-order valence-electron chi connectivity index (χ1n) is 8.55. The number of para-hydroxylation sites is 1. The van der Waals surface area contributed by atoms with Crippen molar-refractivity contribution < 1.29 is 13.9 Å². The number of hydrogen-bond acceptors (Lipinski definition) is 5. The van der Waals surface area contributed by atoms with E-state index in [1.165, 1.54) is 0 Å². The Bertz CT molecular complexity index is 1030. The third-order valence-corrected chi connectivity index (χ3v) is 5.20. The number of aromatic nitrogens is 1. The molecule has 1 N–H and O–H groups in total. The first kappa shape index (κ1) is 17.3. The van der Waals surface area contributed by atoms with Crippen molar-refractivity contribution in [1.29, 1.82) is 0 Å². The second-order valence-corrected chi connectivity index (χ2v) is 7.08. The van der Waals surface area contributed by atoms with Crippen LogP contribution in [-0.4, -0.2) is 18.0 Å². The maximum Gasteiger partial charge on any atom is 0.224 e. The van der Waals surface area contributed by atoms with Crippen LogP contribution >= 0.6 is 11.3 Å². The van der Waals surface area contributed by atoms with Crippen molar-refractivity contribution in [2.75, 3.05) is 7.11 Å². The van der Waals surface area contributed by atoms with E-state index in [4.69, 9.17) is 9.15 Å². The van der Waals surface area contributed by atoms with Gasteiger partial charge in [0.2, 0.25) is 5.91 Å². The van der Waals surface area contributed by atoms with E-state index in [0.717, 1.165) is 32.3 Å². The number of thiazole rings is 1. The molecule has 27 heavy (non-hydrogen) atoms. The second-order valence-electron chi connectivity index (χ2n) is 6.05. The minimum absolute atomic E-state index is 0.0573. The van der Waals surface area contributed by atoms with Crippen LogP contribution in [0.25, 0.3) is 21.0 Å². The highest BCUT2D eigenvalue weighted by Crippen LogP contribution is 2.31. The largest absolute Gasteiger partial charge is 0.497 e. The van der Waals surface area contributed by atoms with Gasteiger partial charge in [-0.2, -0.15) is 0 Å². The molecule has 0 unspecified atom stereocenters. The zero-order chi connectivity index (χ0) is 18.6. The first-order valence-corrected chi connectivity index (χ1v) is 9.37. The number of benzene rings is 2. The molecule has 1 amide bonds. The van der Waals surface area contributed by atoms with E-state index in [2.05, 4.69) is 10.3 Å². The Morgan fingerprint density at radius 1 is 1.11 bits per heavy atom. The normalized spacial score (nSPS) is 10.9. The van der Waals surface area contributed by atoms with Crippen LogP contribution in [0.15, 0.2) is 65.1 Å². The SMILES string of the molecule is COc1ccc(CC(=O)NCc2ccc(-c3nc4ccccc4s3)o2)cc1. The van der Waals surface area contributed by atoms with Crippen molar-refractivity contribution in [2.24, 2.45) is 0 Å². The predicted octanol–water partition coefficient (Wildman–Crippen LogP) is 4.42. The highest BCUT2D eigenvalue weighted by Gasteiger charge is 2.11. The summed E-state index contributed by atoms with van der Waals surface area (Å²) in [5.74, 6) is 2.14. The standard InChI is InChI=1S/C21H18N2O3S/c1-25-15-8-6-14(7-9-15)12-20(24)22-13-16-10-11-18(26-16)21-23-17-4-2-3-5-19(17)27-21/h2-11H,12-13H2,1H3,(H,22,24). The summed E-state index contributed by atoms with van der Waals surface area (Å²) in [6, 6.07) is 19.2. The monoisotopic (exact) mass is 378 g/mol. The fourth-order valence-electron chi connectivity index (χ4n) is 2.74. The first-order chi connectivity index (χ1) is 13.2. The summed E-state index contributed by atoms with van der Waals surface area (Å²) < 4.78 is 12.1. The minimum Gasteiger partial charge on any atom is -0.497 e. The van der Waals surface area contributed by atoms with Crippen molar-refractivity contribution >= 4 is 27.5 Å². The third-order valence-electron chi connectivity index (χ3n) is 4.15. The molecule has 2 aromatic heterocycles. The number of carbonyl (C=O) groups excluding carboxylic acids is 1. The molecule has 4 rings (SSSR count). The molecule has 0 atom stereocenters. The molecule has 0 radical (unpaired) electrons. The maximum absolute atomic E-state index is 12.1. The van der Waals surface area contributed by atoms with Gasteiger partial charge in [0.25, 0.3) is 0 Å². The number of nitrogens with one attached hydrogen (secondary N) is 1. The Morgan fingerprint density at radius 3 is 2.70 bits per heavy atom. The van der Waals surface area contributed by atoms with Gasteiger partial charge in [-0.1, -0.05) is 24.3 Å². The molecule has 2 heterocycles. The maximum atomic E-state index is 12.1. The fraction of sp³-hybridized carbons (Fsp3) is 0.143. The quantitative estimate of drug-likeness (QED) is 0.539. The van der Waals surface area contributed by atoms with Gasteiger partial charge in [-0.25, -0.2) is 4.98 Å². The second kappa shape index (κ2) is 7.63. The molecule has 5 nitrogen and oxygen atoms in total. The highest BCUT2D eigenvalue weighted by atomic mass is 32.1. The van der Waals surface area contributed by atoms with E-state index in [1.807, 2.05) is 60.7 Å². The molecule has 0 spiro atoms.